The molecule has 0 saturated heterocycles. The van der Waals surface area contributed by atoms with Crippen molar-refractivity contribution >= 4 is 0 Å². The Kier molecular flexibility index (Phi) is 14.8. The third-order valence-corrected chi connectivity index (χ3v) is 5.66. The Labute approximate surface area is 164 Å². The Balaban J connectivity index is 4.23. The van der Waals surface area contributed by atoms with E-state index in [1.54, 1.807) is 0 Å². The summed E-state index contributed by atoms with van der Waals surface area (Å²) in [5, 5.41) is 21.4. The van der Waals surface area contributed by atoms with E-state index in [1.807, 2.05) is 6.92 Å². The summed E-state index contributed by atoms with van der Waals surface area (Å²) in [6.07, 6.45) is 10.7. The highest BCUT2D eigenvalue weighted by molar-refractivity contribution is 4.84. The molecule has 0 bridgehead atoms. The van der Waals surface area contributed by atoms with E-state index in [0.717, 1.165) is 44.7 Å². The Morgan fingerprint density at radius 1 is 0.846 bits per heavy atom. The van der Waals surface area contributed by atoms with Crippen LogP contribution in [0.1, 0.15) is 106 Å². The van der Waals surface area contributed by atoms with E-state index >= 15 is 0 Å². The quantitative estimate of drug-likeness (QED) is 0.348. The van der Waals surface area contributed by atoms with Gasteiger partial charge in [0.2, 0.25) is 0 Å². The predicted octanol–water partition coefficient (Wildman–Crippen LogP) is 5.63. The highest BCUT2D eigenvalue weighted by atomic mass is 16.3. The number of unbranched alkanes of at least 4 members (excludes halogenated alkanes) is 2. The van der Waals surface area contributed by atoms with E-state index in [-0.39, 0.29) is 0 Å². The summed E-state index contributed by atoms with van der Waals surface area (Å²) in [6, 6.07) is 0. The van der Waals surface area contributed by atoms with Gasteiger partial charge >= 0.3 is 0 Å². The molecule has 3 unspecified atom stereocenters. The average Bonchev–Trinajstić information content (AvgIpc) is 2.56. The highest BCUT2D eigenvalue weighted by Gasteiger charge is 2.31. The molecule has 0 rings (SSSR count). The standard InChI is InChI=1S/C23H49NO2/c1-7-9-17-24(18-10-8-2)19-22(25)23(6,26)16-12-15-21(5)14-11-13-20(3)4/h20-22,25-26H,7-19H2,1-6H3. The van der Waals surface area contributed by atoms with Crippen molar-refractivity contribution in [1.82, 2.24) is 4.90 Å². The second-order valence-electron chi connectivity index (χ2n) is 9.20. The normalized spacial score (nSPS) is 16.8. The summed E-state index contributed by atoms with van der Waals surface area (Å²) in [7, 11) is 0. The van der Waals surface area contributed by atoms with Gasteiger partial charge in [-0.25, -0.2) is 0 Å². The predicted molar refractivity (Wildman–Crippen MR) is 115 cm³/mol. The van der Waals surface area contributed by atoms with Gasteiger partial charge in [-0.3, -0.25) is 0 Å². The summed E-state index contributed by atoms with van der Waals surface area (Å²) in [5.41, 5.74) is -0.978. The van der Waals surface area contributed by atoms with Crippen molar-refractivity contribution in [3.8, 4) is 0 Å². The molecular formula is C23H49NO2. The van der Waals surface area contributed by atoms with Gasteiger partial charge < -0.3 is 15.1 Å². The monoisotopic (exact) mass is 371 g/mol. The lowest BCUT2D eigenvalue weighted by molar-refractivity contribution is -0.0805. The molecule has 0 radical (unpaired) electrons. The van der Waals surface area contributed by atoms with E-state index in [0.29, 0.717) is 18.9 Å². The first-order valence-electron chi connectivity index (χ1n) is 11.4. The van der Waals surface area contributed by atoms with Crippen molar-refractivity contribution in [1.29, 1.82) is 0 Å². The number of nitrogens with zero attached hydrogens (tertiary/aromatic N) is 1. The molecule has 0 saturated carbocycles. The molecule has 0 fully saturated rings. The van der Waals surface area contributed by atoms with Gasteiger partial charge in [0.15, 0.2) is 0 Å². The maximum atomic E-state index is 10.8. The minimum atomic E-state index is -0.978. The van der Waals surface area contributed by atoms with Crippen molar-refractivity contribution in [2.45, 2.75) is 117 Å². The van der Waals surface area contributed by atoms with Crippen molar-refractivity contribution in [2.75, 3.05) is 19.6 Å². The van der Waals surface area contributed by atoms with E-state index in [4.69, 9.17) is 0 Å². The van der Waals surface area contributed by atoms with Crippen LogP contribution in [0.5, 0.6) is 0 Å². The van der Waals surface area contributed by atoms with Crippen LogP contribution in [0.3, 0.4) is 0 Å². The van der Waals surface area contributed by atoms with Crippen molar-refractivity contribution in [3.63, 3.8) is 0 Å². The van der Waals surface area contributed by atoms with Crippen LogP contribution in [0.2, 0.25) is 0 Å². The molecule has 0 aromatic heterocycles. The maximum Gasteiger partial charge on any atom is 0.0950 e. The van der Waals surface area contributed by atoms with Crippen LogP contribution in [0.15, 0.2) is 0 Å². The zero-order chi connectivity index (χ0) is 20.0. The molecule has 26 heavy (non-hydrogen) atoms. The zero-order valence-corrected chi connectivity index (χ0v) is 18.8. The van der Waals surface area contributed by atoms with Crippen molar-refractivity contribution < 1.29 is 10.2 Å². The first kappa shape index (κ1) is 25.9. The van der Waals surface area contributed by atoms with Crippen LogP contribution in [-0.4, -0.2) is 46.5 Å². The fraction of sp³-hybridized carbons (Fsp3) is 1.00. The molecule has 0 aliphatic rings. The van der Waals surface area contributed by atoms with Crippen LogP contribution >= 0.6 is 0 Å². The summed E-state index contributed by atoms with van der Waals surface area (Å²) >= 11 is 0. The van der Waals surface area contributed by atoms with Crippen LogP contribution in [-0.2, 0) is 0 Å². The topological polar surface area (TPSA) is 43.7 Å². The summed E-state index contributed by atoms with van der Waals surface area (Å²) in [5.74, 6) is 1.51. The molecule has 0 heterocycles. The fourth-order valence-electron chi connectivity index (χ4n) is 3.49. The number of hydrogen-bond acceptors (Lipinski definition) is 3. The van der Waals surface area contributed by atoms with Gasteiger partial charge in [0.25, 0.3) is 0 Å². The van der Waals surface area contributed by atoms with Crippen LogP contribution in [0.4, 0.5) is 0 Å². The molecule has 158 valence electrons. The van der Waals surface area contributed by atoms with Gasteiger partial charge in [-0.2, -0.15) is 0 Å². The molecule has 0 aromatic rings. The molecule has 3 heteroatoms. The minimum Gasteiger partial charge on any atom is -0.389 e. The molecule has 0 amide bonds. The Morgan fingerprint density at radius 3 is 1.88 bits per heavy atom. The van der Waals surface area contributed by atoms with Gasteiger partial charge in [0.05, 0.1) is 11.7 Å². The Hall–Kier alpha value is -0.120. The molecule has 3 atom stereocenters. The number of rotatable bonds is 17. The third kappa shape index (κ3) is 13.1. The smallest absolute Gasteiger partial charge is 0.0950 e. The van der Waals surface area contributed by atoms with Gasteiger partial charge in [-0.1, -0.05) is 79.6 Å². The maximum absolute atomic E-state index is 10.8. The molecule has 0 aliphatic heterocycles. The second kappa shape index (κ2) is 14.9. The van der Waals surface area contributed by atoms with Gasteiger partial charge in [0, 0.05) is 6.54 Å². The Morgan fingerprint density at radius 2 is 1.38 bits per heavy atom. The van der Waals surface area contributed by atoms with Crippen LogP contribution < -0.4 is 0 Å². The first-order valence-corrected chi connectivity index (χ1v) is 11.4. The van der Waals surface area contributed by atoms with Crippen LogP contribution in [0, 0.1) is 11.8 Å². The summed E-state index contributed by atoms with van der Waals surface area (Å²) < 4.78 is 0. The highest BCUT2D eigenvalue weighted by Crippen LogP contribution is 2.23. The van der Waals surface area contributed by atoms with E-state index in [1.165, 1.54) is 32.1 Å². The zero-order valence-electron chi connectivity index (χ0n) is 18.8. The summed E-state index contributed by atoms with van der Waals surface area (Å²) in [6.45, 7) is 15.8. The van der Waals surface area contributed by atoms with Crippen molar-refractivity contribution in [2.24, 2.45) is 11.8 Å². The summed E-state index contributed by atoms with van der Waals surface area (Å²) in [4.78, 5) is 2.33. The largest absolute Gasteiger partial charge is 0.389 e. The van der Waals surface area contributed by atoms with Crippen molar-refractivity contribution in [3.05, 3.63) is 0 Å². The third-order valence-electron chi connectivity index (χ3n) is 5.66. The lowest BCUT2D eigenvalue weighted by Gasteiger charge is -2.34. The first-order chi connectivity index (χ1) is 12.2. The number of aliphatic hydroxyl groups is 2. The fourth-order valence-corrected chi connectivity index (χ4v) is 3.49. The molecule has 3 nitrogen and oxygen atoms in total. The molecule has 2 N–H and O–H groups in total. The molecule has 0 aliphatic carbocycles. The minimum absolute atomic E-state index is 0.594. The lowest BCUT2D eigenvalue weighted by atomic mass is 9.88. The van der Waals surface area contributed by atoms with Gasteiger partial charge in [-0.05, 0) is 51.1 Å². The molecule has 0 spiro atoms. The Bertz CT molecular complexity index is 309. The van der Waals surface area contributed by atoms with Gasteiger partial charge in [-0.15, -0.1) is 0 Å². The lowest BCUT2D eigenvalue weighted by Crippen LogP contribution is -2.47. The second-order valence-corrected chi connectivity index (χ2v) is 9.20. The van der Waals surface area contributed by atoms with E-state index < -0.39 is 11.7 Å². The SMILES string of the molecule is CCCCN(CCCC)CC(O)C(C)(O)CCCC(C)CCCC(C)C. The van der Waals surface area contributed by atoms with E-state index in [9.17, 15) is 10.2 Å². The van der Waals surface area contributed by atoms with Gasteiger partial charge in [0.1, 0.15) is 0 Å². The van der Waals surface area contributed by atoms with Crippen LogP contribution in [0.25, 0.3) is 0 Å². The molecular weight excluding hydrogens is 322 g/mol. The number of hydrogen-bond donors (Lipinski definition) is 2. The number of aliphatic hydroxyl groups excluding tert-OH is 1. The average molecular weight is 372 g/mol. The molecule has 0 aromatic carbocycles. The van der Waals surface area contributed by atoms with E-state index in [2.05, 4.69) is 39.5 Å².